The standard InChI is InChI=1S/C13H19BrN2O/c1-3-12(15)8-13(17)16-9(2)10-4-6-11(14)7-5-10/h4-7,9,12H,3,8,15H2,1-2H3,(H,16,17)/t9-,12?/m0/s1. The molecule has 1 rings (SSSR count). The summed E-state index contributed by atoms with van der Waals surface area (Å²) < 4.78 is 1.03. The lowest BCUT2D eigenvalue weighted by molar-refractivity contribution is -0.122. The van der Waals surface area contributed by atoms with E-state index in [4.69, 9.17) is 5.73 Å². The Labute approximate surface area is 111 Å². The van der Waals surface area contributed by atoms with E-state index >= 15 is 0 Å². The first kappa shape index (κ1) is 14.2. The molecule has 0 saturated carbocycles. The molecule has 0 aliphatic rings. The van der Waals surface area contributed by atoms with Crippen molar-refractivity contribution >= 4 is 21.8 Å². The normalized spacial score (nSPS) is 14.1. The zero-order valence-corrected chi connectivity index (χ0v) is 11.8. The molecule has 17 heavy (non-hydrogen) atoms. The predicted octanol–water partition coefficient (Wildman–Crippen LogP) is 2.75. The van der Waals surface area contributed by atoms with Crippen LogP contribution in [0.3, 0.4) is 0 Å². The number of nitrogens with one attached hydrogen (secondary N) is 1. The van der Waals surface area contributed by atoms with Gasteiger partial charge in [-0.05, 0) is 31.0 Å². The van der Waals surface area contributed by atoms with Crippen LogP contribution in [0.1, 0.15) is 38.3 Å². The summed E-state index contributed by atoms with van der Waals surface area (Å²) in [5.74, 6) is 0.00905. The van der Waals surface area contributed by atoms with Gasteiger partial charge in [-0.15, -0.1) is 0 Å². The van der Waals surface area contributed by atoms with Crippen LogP contribution in [0.2, 0.25) is 0 Å². The summed E-state index contributed by atoms with van der Waals surface area (Å²) in [6, 6.07) is 7.89. The van der Waals surface area contributed by atoms with E-state index in [0.29, 0.717) is 6.42 Å². The molecule has 0 aliphatic heterocycles. The minimum Gasteiger partial charge on any atom is -0.350 e. The van der Waals surface area contributed by atoms with Crippen molar-refractivity contribution in [3.05, 3.63) is 34.3 Å². The Kier molecular flexibility index (Phi) is 5.65. The molecule has 3 nitrogen and oxygen atoms in total. The van der Waals surface area contributed by atoms with Crippen molar-refractivity contribution in [2.75, 3.05) is 0 Å². The van der Waals surface area contributed by atoms with Gasteiger partial charge in [0.05, 0.1) is 6.04 Å². The lowest BCUT2D eigenvalue weighted by Gasteiger charge is -2.16. The number of nitrogens with two attached hydrogens (primary N) is 1. The quantitative estimate of drug-likeness (QED) is 0.878. The van der Waals surface area contributed by atoms with Crippen molar-refractivity contribution in [3.63, 3.8) is 0 Å². The van der Waals surface area contributed by atoms with Gasteiger partial charge in [-0.25, -0.2) is 0 Å². The Hall–Kier alpha value is -0.870. The van der Waals surface area contributed by atoms with Crippen molar-refractivity contribution in [2.45, 2.75) is 38.8 Å². The molecule has 3 N–H and O–H groups in total. The highest BCUT2D eigenvalue weighted by Crippen LogP contribution is 2.16. The van der Waals surface area contributed by atoms with Crippen molar-refractivity contribution in [1.82, 2.24) is 5.32 Å². The molecule has 0 saturated heterocycles. The second-order valence-corrected chi connectivity index (χ2v) is 5.13. The number of amides is 1. The highest BCUT2D eigenvalue weighted by Gasteiger charge is 2.11. The van der Waals surface area contributed by atoms with Crippen molar-refractivity contribution < 1.29 is 4.79 Å². The van der Waals surface area contributed by atoms with E-state index in [2.05, 4.69) is 21.2 Å². The average Bonchev–Trinajstić information content (AvgIpc) is 2.29. The van der Waals surface area contributed by atoms with Crippen LogP contribution in [0.4, 0.5) is 0 Å². The fourth-order valence-electron chi connectivity index (χ4n) is 1.52. The number of carbonyl (C=O) groups is 1. The van der Waals surface area contributed by atoms with E-state index in [1.165, 1.54) is 0 Å². The van der Waals surface area contributed by atoms with E-state index in [-0.39, 0.29) is 18.0 Å². The van der Waals surface area contributed by atoms with Crippen molar-refractivity contribution in [3.8, 4) is 0 Å². The fraction of sp³-hybridized carbons (Fsp3) is 0.462. The molecule has 0 radical (unpaired) electrons. The van der Waals surface area contributed by atoms with Gasteiger partial charge in [0, 0.05) is 16.9 Å². The fourth-order valence-corrected chi connectivity index (χ4v) is 1.78. The van der Waals surface area contributed by atoms with E-state index in [0.717, 1.165) is 16.5 Å². The lowest BCUT2D eigenvalue weighted by Crippen LogP contribution is -2.32. The summed E-state index contributed by atoms with van der Waals surface area (Å²) in [7, 11) is 0. The maximum atomic E-state index is 11.7. The van der Waals surface area contributed by atoms with Crippen molar-refractivity contribution in [2.24, 2.45) is 5.73 Å². The highest BCUT2D eigenvalue weighted by molar-refractivity contribution is 9.10. The number of rotatable bonds is 5. The molecule has 1 aromatic carbocycles. The number of hydrogen-bond donors (Lipinski definition) is 2. The van der Waals surface area contributed by atoms with Gasteiger partial charge in [0.2, 0.25) is 5.91 Å². The lowest BCUT2D eigenvalue weighted by atomic mass is 10.1. The van der Waals surface area contributed by atoms with Crippen LogP contribution in [-0.2, 0) is 4.79 Å². The van der Waals surface area contributed by atoms with Crippen LogP contribution in [-0.4, -0.2) is 11.9 Å². The van der Waals surface area contributed by atoms with Gasteiger partial charge in [0.25, 0.3) is 0 Å². The zero-order chi connectivity index (χ0) is 12.8. The summed E-state index contributed by atoms with van der Waals surface area (Å²) in [4.78, 5) is 11.7. The van der Waals surface area contributed by atoms with Gasteiger partial charge in [0.15, 0.2) is 0 Å². The summed E-state index contributed by atoms with van der Waals surface area (Å²) >= 11 is 3.38. The topological polar surface area (TPSA) is 55.1 Å². The number of carbonyl (C=O) groups excluding carboxylic acids is 1. The Morgan fingerprint density at radius 1 is 1.41 bits per heavy atom. The number of benzene rings is 1. The van der Waals surface area contributed by atoms with E-state index in [1.807, 2.05) is 38.1 Å². The monoisotopic (exact) mass is 298 g/mol. The second-order valence-electron chi connectivity index (χ2n) is 4.21. The van der Waals surface area contributed by atoms with Gasteiger partial charge in [-0.2, -0.15) is 0 Å². The van der Waals surface area contributed by atoms with Crippen LogP contribution in [0.15, 0.2) is 28.7 Å². The molecule has 0 aliphatic carbocycles. The predicted molar refractivity (Wildman–Crippen MR) is 73.6 cm³/mol. The third kappa shape index (κ3) is 4.88. The molecule has 0 bridgehead atoms. The van der Waals surface area contributed by atoms with Crippen LogP contribution in [0.25, 0.3) is 0 Å². The van der Waals surface area contributed by atoms with Gasteiger partial charge < -0.3 is 11.1 Å². The third-order valence-electron chi connectivity index (χ3n) is 2.72. The highest BCUT2D eigenvalue weighted by atomic mass is 79.9. The first-order chi connectivity index (χ1) is 8.02. The van der Waals surface area contributed by atoms with Gasteiger partial charge in [0.1, 0.15) is 0 Å². The maximum absolute atomic E-state index is 11.7. The molecule has 0 fully saturated rings. The summed E-state index contributed by atoms with van der Waals surface area (Å²) in [6.07, 6.45) is 1.21. The molecule has 0 spiro atoms. The molecule has 0 aromatic heterocycles. The maximum Gasteiger partial charge on any atom is 0.222 e. The van der Waals surface area contributed by atoms with Crippen LogP contribution >= 0.6 is 15.9 Å². The van der Waals surface area contributed by atoms with Gasteiger partial charge in [-0.1, -0.05) is 35.0 Å². The summed E-state index contributed by atoms with van der Waals surface area (Å²) in [5, 5.41) is 2.95. The molecule has 1 amide bonds. The second kappa shape index (κ2) is 6.77. The van der Waals surface area contributed by atoms with Crippen LogP contribution < -0.4 is 11.1 Å². The van der Waals surface area contributed by atoms with Gasteiger partial charge >= 0.3 is 0 Å². The minimum absolute atomic E-state index is 0.00905. The largest absolute Gasteiger partial charge is 0.350 e. The molecular weight excluding hydrogens is 280 g/mol. The van der Waals surface area contributed by atoms with Crippen LogP contribution in [0.5, 0.6) is 0 Å². The minimum atomic E-state index is -0.0490. The molecule has 0 heterocycles. The Bertz CT molecular complexity index is 364. The first-order valence-electron chi connectivity index (χ1n) is 5.83. The zero-order valence-electron chi connectivity index (χ0n) is 10.2. The summed E-state index contributed by atoms with van der Waals surface area (Å²) in [6.45, 7) is 3.95. The van der Waals surface area contributed by atoms with E-state index in [9.17, 15) is 4.79 Å². The van der Waals surface area contributed by atoms with Crippen molar-refractivity contribution in [1.29, 1.82) is 0 Å². The van der Waals surface area contributed by atoms with E-state index in [1.54, 1.807) is 0 Å². The molecule has 94 valence electrons. The SMILES string of the molecule is CCC(N)CC(=O)N[C@@H](C)c1ccc(Br)cc1. The number of halogens is 1. The third-order valence-corrected chi connectivity index (χ3v) is 3.25. The molecule has 1 unspecified atom stereocenters. The van der Waals surface area contributed by atoms with Crippen LogP contribution in [0, 0.1) is 0 Å². The smallest absolute Gasteiger partial charge is 0.222 e. The molecule has 4 heteroatoms. The molecule has 1 aromatic rings. The molecular formula is C13H19BrN2O. The Balaban J connectivity index is 2.51. The summed E-state index contributed by atoms with van der Waals surface area (Å²) in [5.41, 5.74) is 6.83. The van der Waals surface area contributed by atoms with Gasteiger partial charge in [-0.3, -0.25) is 4.79 Å². The Morgan fingerprint density at radius 2 is 2.00 bits per heavy atom. The first-order valence-corrected chi connectivity index (χ1v) is 6.62. The average molecular weight is 299 g/mol. The Morgan fingerprint density at radius 3 is 2.53 bits per heavy atom. The molecule has 2 atom stereocenters. The number of hydrogen-bond acceptors (Lipinski definition) is 2. The van der Waals surface area contributed by atoms with E-state index < -0.39 is 0 Å².